The summed E-state index contributed by atoms with van der Waals surface area (Å²) >= 11 is 0. The number of carboxylic acid groups (broad SMARTS) is 1. The molecule has 0 heterocycles. The molecule has 6 heteroatoms. The van der Waals surface area contributed by atoms with Gasteiger partial charge in [0, 0.05) is 24.9 Å². The first-order valence-electron chi connectivity index (χ1n) is 7.86. The van der Waals surface area contributed by atoms with E-state index in [0.717, 1.165) is 31.2 Å². The van der Waals surface area contributed by atoms with Gasteiger partial charge in [-0.1, -0.05) is 25.0 Å². The number of nitrogens with two attached hydrogens (primary N) is 1. The number of primary amides is 1. The number of anilines is 1. The molecule has 0 aliphatic rings. The second kappa shape index (κ2) is 10.4. The van der Waals surface area contributed by atoms with Crippen molar-refractivity contribution in [3.63, 3.8) is 0 Å². The minimum Gasteiger partial charge on any atom is -0.481 e. The van der Waals surface area contributed by atoms with Crippen molar-refractivity contribution >= 4 is 23.5 Å². The van der Waals surface area contributed by atoms with Gasteiger partial charge in [0.1, 0.15) is 0 Å². The Morgan fingerprint density at radius 2 is 1.52 bits per heavy atom. The lowest BCUT2D eigenvalue weighted by molar-refractivity contribution is -0.137. The number of hydrogen-bond acceptors (Lipinski definition) is 3. The van der Waals surface area contributed by atoms with Crippen LogP contribution in [0.3, 0.4) is 0 Å². The molecule has 0 saturated carbocycles. The highest BCUT2D eigenvalue weighted by atomic mass is 16.4. The second-order valence-corrected chi connectivity index (χ2v) is 5.52. The van der Waals surface area contributed by atoms with Gasteiger partial charge in [0.2, 0.25) is 11.8 Å². The maximum atomic E-state index is 11.8. The van der Waals surface area contributed by atoms with Gasteiger partial charge in [-0.3, -0.25) is 14.4 Å². The molecule has 1 aromatic rings. The van der Waals surface area contributed by atoms with Crippen molar-refractivity contribution in [3.8, 4) is 0 Å². The van der Waals surface area contributed by atoms with Crippen LogP contribution in [-0.2, 0) is 20.8 Å². The molecule has 1 aromatic carbocycles. The average molecular weight is 320 g/mol. The lowest BCUT2D eigenvalue weighted by Gasteiger charge is -2.06. The molecule has 0 aromatic heterocycles. The number of carbonyl (C=O) groups excluding carboxylic acids is 2. The number of carboxylic acids is 1. The molecular formula is C17H24N2O4. The molecule has 0 radical (unpaired) electrons. The van der Waals surface area contributed by atoms with Gasteiger partial charge >= 0.3 is 5.97 Å². The van der Waals surface area contributed by atoms with E-state index < -0.39 is 5.97 Å². The van der Waals surface area contributed by atoms with Gasteiger partial charge in [-0.05, 0) is 37.0 Å². The van der Waals surface area contributed by atoms with Crippen molar-refractivity contribution in [2.24, 2.45) is 5.73 Å². The Labute approximate surface area is 136 Å². The second-order valence-electron chi connectivity index (χ2n) is 5.52. The number of carbonyl (C=O) groups is 3. The molecule has 0 atom stereocenters. The van der Waals surface area contributed by atoms with Crippen molar-refractivity contribution in [3.05, 3.63) is 29.8 Å². The largest absolute Gasteiger partial charge is 0.481 e. The van der Waals surface area contributed by atoms with E-state index in [1.54, 1.807) is 12.1 Å². The predicted molar refractivity (Wildman–Crippen MR) is 87.9 cm³/mol. The molecule has 23 heavy (non-hydrogen) atoms. The van der Waals surface area contributed by atoms with Crippen LogP contribution in [0.15, 0.2) is 24.3 Å². The highest BCUT2D eigenvalue weighted by Gasteiger charge is 2.04. The fraction of sp³-hybridized carbons (Fsp3) is 0.471. The Bertz CT molecular complexity index is 526. The summed E-state index contributed by atoms with van der Waals surface area (Å²) < 4.78 is 0. The van der Waals surface area contributed by atoms with Crippen LogP contribution in [0.4, 0.5) is 5.69 Å². The van der Waals surface area contributed by atoms with Crippen LogP contribution >= 0.6 is 0 Å². The normalized spacial score (nSPS) is 10.3. The third-order valence-corrected chi connectivity index (χ3v) is 3.44. The topological polar surface area (TPSA) is 109 Å². The highest BCUT2D eigenvalue weighted by molar-refractivity contribution is 5.90. The Hall–Kier alpha value is -2.37. The first-order chi connectivity index (χ1) is 11.0. The van der Waals surface area contributed by atoms with E-state index in [9.17, 15) is 14.4 Å². The smallest absolute Gasteiger partial charge is 0.303 e. The molecule has 1 rings (SSSR count). The van der Waals surface area contributed by atoms with Crippen molar-refractivity contribution in [1.82, 2.24) is 0 Å². The Balaban J connectivity index is 2.21. The van der Waals surface area contributed by atoms with E-state index in [0.29, 0.717) is 24.9 Å². The zero-order chi connectivity index (χ0) is 17.1. The fourth-order valence-electron chi connectivity index (χ4n) is 2.17. The zero-order valence-corrected chi connectivity index (χ0v) is 13.2. The molecule has 0 unspecified atom stereocenters. The number of nitrogens with one attached hydrogen (secondary N) is 1. The van der Waals surface area contributed by atoms with Crippen LogP contribution < -0.4 is 11.1 Å². The SMILES string of the molecule is NC(=O)CCCCCCC(=O)Nc1ccc(CCC(=O)O)cc1. The summed E-state index contributed by atoms with van der Waals surface area (Å²) in [5.41, 5.74) is 6.69. The maximum absolute atomic E-state index is 11.8. The first kappa shape index (κ1) is 18.7. The Morgan fingerprint density at radius 1 is 0.913 bits per heavy atom. The standard InChI is InChI=1S/C17H24N2O4/c18-15(20)5-3-1-2-4-6-16(21)19-14-10-7-13(8-11-14)9-12-17(22)23/h7-8,10-11H,1-6,9,12H2,(H2,18,20)(H,19,21)(H,22,23). The third kappa shape index (κ3) is 9.29. The van der Waals surface area contributed by atoms with Crippen LogP contribution in [0.5, 0.6) is 0 Å². The minimum absolute atomic E-state index is 0.0433. The summed E-state index contributed by atoms with van der Waals surface area (Å²) in [6, 6.07) is 7.20. The molecule has 0 aliphatic carbocycles. The van der Waals surface area contributed by atoms with Gasteiger partial charge in [0.05, 0.1) is 0 Å². The molecule has 126 valence electrons. The number of unbranched alkanes of at least 4 members (excludes halogenated alkanes) is 3. The summed E-state index contributed by atoms with van der Waals surface area (Å²) in [5, 5.41) is 11.4. The van der Waals surface area contributed by atoms with E-state index in [2.05, 4.69) is 5.32 Å². The first-order valence-corrected chi connectivity index (χ1v) is 7.86. The van der Waals surface area contributed by atoms with Crippen LogP contribution in [0, 0.1) is 0 Å². The van der Waals surface area contributed by atoms with Crippen LogP contribution in [-0.4, -0.2) is 22.9 Å². The summed E-state index contributed by atoms with van der Waals surface area (Å²) in [7, 11) is 0. The number of rotatable bonds is 11. The van der Waals surface area contributed by atoms with E-state index in [-0.39, 0.29) is 18.2 Å². The number of aryl methyl sites for hydroxylation is 1. The quantitative estimate of drug-likeness (QED) is 0.544. The number of hydrogen-bond donors (Lipinski definition) is 3. The molecule has 0 bridgehead atoms. The van der Waals surface area contributed by atoms with E-state index in [1.807, 2.05) is 12.1 Å². The number of amides is 2. The Morgan fingerprint density at radius 3 is 2.09 bits per heavy atom. The Kier molecular flexibility index (Phi) is 8.42. The average Bonchev–Trinajstić information content (AvgIpc) is 2.49. The predicted octanol–water partition coefficient (Wildman–Crippen LogP) is 2.47. The van der Waals surface area contributed by atoms with Crippen molar-refractivity contribution in [1.29, 1.82) is 0 Å². The lowest BCUT2D eigenvalue weighted by atomic mass is 10.1. The molecule has 0 aliphatic heterocycles. The zero-order valence-electron chi connectivity index (χ0n) is 13.2. The van der Waals surface area contributed by atoms with E-state index in [4.69, 9.17) is 10.8 Å². The summed E-state index contributed by atoms with van der Waals surface area (Å²) in [6.07, 6.45) is 4.77. The van der Waals surface area contributed by atoms with Gasteiger partial charge in [-0.2, -0.15) is 0 Å². The van der Waals surface area contributed by atoms with Gasteiger partial charge in [0.25, 0.3) is 0 Å². The summed E-state index contributed by atoms with van der Waals surface area (Å²) in [5.74, 6) is -1.15. The molecular weight excluding hydrogens is 296 g/mol. The summed E-state index contributed by atoms with van der Waals surface area (Å²) in [4.78, 5) is 32.9. The van der Waals surface area contributed by atoms with Gasteiger partial charge < -0.3 is 16.2 Å². The van der Waals surface area contributed by atoms with Crippen molar-refractivity contribution < 1.29 is 19.5 Å². The maximum Gasteiger partial charge on any atom is 0.303 e. The van der Waals surface area contributed by atoms with Gasteiger partial charge in [0.15, 0.2) is 0 Å². The van der Waals surface area contributed by atoms with Gasteiger partial charge in [-0.25, -0.2) is 0 Å². The lowest BCUT2D eigenvalue weighted by Crippen LogP contribution is -2.11. The van der Waals surface area contributed by atoms with Crippen LogP contribution in [0.2, 0.25) is 0 Å². The molecule has 4 N–H and O–H groups in total. The van der Waals surface area contributed by atoms with Gasteiger partial charge in [-0.15, -0.1) is 0 Å². The van der Waals surface area contributed by atoms with E-state index >= 15 is 0 Å². The third-order valence-electron chi connectivity index (χ3n) is 3.44. The highest BCUT2D eigenvalue weighted by Crippen LogP contribution is 2.12. The molecule has 6 nitrogen and oxygen atoms in total. The van der Waals surface area contributed by atoms with Crippen LogP contribution in [0.1, 0.15) is 50.5 Å². The van der Waals surface area contributed by atoms with E-state index in [1.165, 1.54) is 0 Å². The monoisotopic (exact) mass is 320 g/mol. The number of aliphatic carboxylic acids is 1. The van der Waals surface area contributed by atoms with Crippen molar-refractivity contribution in [2.75, 3.05) is 5.32 Å². The summed E-state index contributed by atoms with van der Waals surface area (Å²) in [6.45, 7) is 0. The molecule has 0 fully saturated rings. The molecule has 0 saturated heterocycles. The molecule has 0 spiro atoms. The van der Waals surface area contributed by atoms with Crippen molar-refractivity contribution in [2.45, 2.75) is 51.4 Å². The molecule has 2 amide bonds. The minimum atomic E-state index is -0.821. The van der Waals surface area contributed by atoms with Crippen LogP contribution in [0.25, 0.3) is 0 Å². The number of benzene rings is 1. The fourth-order valence-corrected chi connectivity index (χ4v) is 2.17.